The smallest absolute Gasteiger partial charge is 0.272 e. The zero-order valence-electron chi connectivity index (χ0n) is 18.0. The molecule has 2 N–H and O–H groups in total. The molecule has 1 radical (unpaired) electrons. The van der Waals surface area contributed by atoms with E-state index in [2.05, 4.69) is 15.2 Å². The van der Waals surface area contributed by atoms with Gasteiger partial charge in [-0.3, -0.25) is 4.79 Å². The van der Waals surface area contributed by atoms with Crippen molar-refractivity contribution < 1.29 is 18.1 Å². The van der Waals surface area contributed by atoms with E-state index in [1.54, 1.807) is 29.2 Å². The van der Waals surface area contributed by atoms with Crippen LogP contribution in [0, 0.1) is 17.5 Å². The summed E-state index contributed by atoms with van der Waals surface area (Å²) in [5.74, 6) is -1.99. The fraction of sp³-hybridized carbons (Fsp3) is 0.208. The normalized spacial score (nSPS) is 15.6. The third-order valence-corrected chi connectivity index (χ3v) is 9.29. The lowest BCUT2D eigenvalue weighted by Gasteiger charge is -2.40. The first kappa shape index (κ1) is 22.5. The summed E-state index contributed by atoms with van der Waals surface area (Å²) in [6.45, 7) is 0.547. The fourth-order valence-electron chi connectivity index (χ4n) is 4.38. The van der Waals surface area contributed by atoms with E-state index in [0.29, 0.717) is 22.9 Å². The largest absolute Gasteiger partial charge is 0.375 e. The van der Waals surface area contributed by atoms with Crippen LogP contribution in [-0.2, 0) is 6.42 Å². The van der Waals surface area contributed by atoms with Crippen LogP contribution in [0.25, 0.3) is 10.8 Å². The molecule has 0 atom stereocenters. The number of benzene rings is 2. The van der Waals surface area contributed by atoms with Gasteiger partial charge in [0.1, 0.15) is 11.6 Å². The summed E-state index contributed by atoms with van der Waals surface area (Å²) in [5.41, 5.74) is 1.12. The molecular formula is C24H21F3N4O2P. The zero-order valence-corrected chi connectivity index (χ0v) is 18.9. The Balaban J connectivity index is 1.40. The van der Waals surface area contributed by atoms with Crippen LogP contribution in [0.2, 0.25) is 0 Å². The Morgan fingerprint density at radius 2 is 1.74 bits per heavy atom. The predicted molar refractivity (Wildman–Crippen MR) is 126 cm³/mol. The second-order valence-electron chi connectivity index (χ2n) is 8.32. The summed E-state index contributed by atoms with van der Waals surface area (Å²) in [5, 5.41) is 8.19. The van der Waals surface area contributed by atoms with E-state index in [0.717, 1.165) is 17.8 Å². The van der Waals surface area contributed by atoms with Crippen molar-refractivity contribution in [2.45, 2.75) is 6.42 Å². The van der Waals surface area contributed by atoms with E-state index >= 15 is 0 Å². The molecule has 1 fully saturated rings. The Morgan fingerprint density at radius 3 is 2.47 bits per heavy atom. The molecule has 0 saturated carbocycles. The minimum absolute atomic E-state index is 0.0258. The standard InChI is InChI=1S/C24H21F3N4O2P/c25-16-13-20(27)23(28-14-16)31-7-9-34(33,10-8-31)22-12-15(5-6-19(22)26)11-21-17-3-1-2-4-18(17)24(32)30-29-21/h1-6,12-14,33H,7-11H2,(H,30,32). The summed E-state index contributed by atoms with van der Waals surface area (Å²) in [7, 11) is -2.84. The van der Waals surface area contributed by atoms with Crippen LogP contribution in [0.4, 0.5) is 19.0 Å². The number of nitrogens with one attached hydrogen (secondary N) is 1. The SMILES string of the molecule is O=c1[nH]nc(Cc2ccc(F)c([P]3(O)CCN(c4ncc(F)cc4F)CC3)c2)c2ccccc12. The van der Waals surface area contributed by atoms with Crippen LogP contribution >= 0.6 is 7.49 Å². The third-order valence-electron chi connectivity index (χ3n) is 6.17. The Hall–Kier alpha value is -3.29. The molecule has 1 aliphatic rings. The van der Waals surface area contributed by atoms with Gasteiger partial charge in [-0.05, 0) is 23.8 Å². The van der Waals surface area contributed by atoms with Crippen molar-refractivity contribution in [2.75, 3.05) is 30.3 Å². The highest BCUT2D eigenvalue weighted by Gasteiger charge is 2.35. The van der Waals surface area contributed by atoms with Crippen LogP contribution in [0.1, 0.15) is 11.3 Å². The number of pyridine rings is 1. The van der Waals surface area contributed by atoms with Gasteiger partial charge in [0.2, 0.25) is 0 Å². The van der Waals surface area contributed by atoms with E-state index in [9.17, 15) is 22.9 Å². The van der Waals surface area contributed by atoms with Crippen molar-refractivity contribution in [2.24, 2.45) is 0 Å². The molecule has 1 saturated heterocycles. The highest BCUT2D eigenvalue weighted by Crippen LogP contribution is 2.55. The van der Waals surface area contributed by atoms with Crippen LogP contribution in [0.3, 0.4) is 0 Å². The summed E-state index contributed by atoms with van der Waals surface area (Å²) in [4.78, 5) is 28.9. The molecular weight excluding hydrogens is 464 g/mol. The number of fused-ring (bicyclic) bond motifs is 1. The van der Waals surface area contributed by atoms with E-state index in [4.69, 9.17) is 0 Å². The Morgan fingerprint density at radius 1 is 1.00 bits per heavy atom. The minimum Gasteiger partial charge on any atom is -0.375 e. The maximum Gasteiger partial charge on any atom is 0.272 e. The van der Waals surface area contributed by atoms with Gasteiger partial charge in [0.25, 0.3) is 5.56 Å². The molecule has 34 heavy (non-hydrogen) atoms. The molecule has 175 valence electrons. The summed E-state index contributed by atoms with van der Waals surface area (Å²) >= 11 is 0. The first-order chi connectivity index (χ1) is 16.3. The number of aromatic nitrogens is 3. The number of rotatable bonds is 4. The van der Waals surface area contributed by atoms with Crippen LogP contribution in [0.15, 0.2) is 59.5 Å². The van der Waals surface area contributed by atoms with E-state index < -0.39 is 24.9 Å². The van der Waals surface area contributed by atoms with Gasteiger partial charge in [-0.2, -0.15) is 5.10 Å². The molecule has 0 aliphatic carbocycles. The number of anilines is 1. The number of H-pyrrole nitrogens is 1. The molecule has 2 aromatic heterocycles. The molecule has 1 aliphatic heterocycles. The first-order valence-corrected chi connectivity index (χ1v) is 12.9. The molecule has 0 bridgehead atoms. The first-order valence-electron chi connectivity index (χ1n) is 10.8. The predicted octanol–water partition coefficient (Wildman–Crippen LogP) is 3.40. The van der Waals surface area contributed by atoms with Crippen molar-refractivity contribution in [3.63, 3.8) is 0 Å². The second kappa shape index (κ2) is 8.81. The van der Waals surface area contributed by atoms with Gasteiger partial charge in [-0.15, -0.1) is 0 Å². The van der Waals surface area contributed by atoms with Crippen molar-refractivity contribution in [1.82, 2.24) is 15.2 Å². The van der Waals surface area contributed by atoms with Gasteiger partial charge < -0.3 is 9.79 Å². The van der Waals surface area contributed by atoms with Gasteiger partial charge in [-0.25, -0.2) is 23.3 Å². The van der Waals surface area contributed by atoms with Gasteiger partial charge >= 0.3 is 0 Å². The quantitative estimate of drug-likeness (QED) is 0.433. The molecule has 6 nitrogen and oxygen atoms in total. The molecule has 2 aromatic carbocycles. The highest BCUT2D eigenvalue weighted by atomic mass is 31.2. The van der Waals surface area contributed by atoms with Gasteiger partial charge in [-0.1, -0.05) is 24.3 Å². The van der Waals surface area contributed by atoms with Crippen LogP contribution < -0.4 is 15.8 Å². The summed E-state index contributed by atoms with van der Waals surface area (Å²) in [6.07, 6.45) is 1.81. The molecule has 0 unspecified atom stereocenters. The fourth-order valence-corrected chi connectivity index (χ4v) is 7.10. The monoisotopic (exact) mass is 485 g/mol. The number of halogens is 3. The van der Waals surface area contributed by atoms with Crippen LogP contribution in [0.5, 0.6) is 0 Å². The molecule has 4 aromatic rings. The number of hydrogen-bond acceptors (Lipinski definition) is 5. The Bertz CT molecular complexity index is 1440. The average Bonchev–Trinajstić information content (AvgIpc) is 2.83. The van der Waals surface area contributed by atoms with Crippen molar-refractivity contribution in [1.29, 1.82) is 0 Å². The lowest BCUT2D eigenvalue weighted by molar-refractivity contribution is 0.560. The maximum absolute atomic E-state index is 14.8. The Labute approximate surface area is 193 Å². The molecule has 5 rings (SSSR count). The summed E-state index contributed by atoms with van der Waals surface area (Å²) < 4.78 is 42.2. The topological polar surface area (TPSA) is 82.1 Å². The average molecular weight is 485 g/mol. The highest BCUT2D eigenvalue weighted by molar-refractivity contribution is 7.77. The van der Waals surface area contributed by atoms with E-state index in [1.165, 1.54) is 6.07 Å². The lowest BCUT2D eigenvalue weighted by Crippen LogP contribution is -2.41. The minimum atomic E-state index is -2.84. The lowest BCUT2D eigenvalue weighted by atomic mass is 10.0. The van der Waals surface area contributed by atoms with E-state index in [1.807, 2.05) is 12.1 Å². The van der Waals surface area contributed by atoms with Crippen molar-refractivity contribution >= 4 is 29.4 Å². The van der Waals surface area contributed by atoms with Crippen LogP contribution in [-0.4, -0.2) is 45.5 Å². The number of aromatic amines is 1. The zero-order chi connectivity index (χ0) is 23.9. The number of hydrogen-bond donors (Lipinski definition) is 2. The van der Waals surface area contributed by atoms with Crippen molar-refractivity contribution in [3.05, 3.63) is 93.8 Å². The molecule has 10 heteroatoms. The second-order valence-corrected chi connectivity index (χ2v) is 11.5. The van der Waals surface area contributed by atoms with Gasteiger partial charge in [0.15, 0.2) is 11.6 Å². The third kappa shape index (κ3) is 4.17. The van der Waals surface area contributed by atoms with Gasteiger partial charge in [0, 0.05) is 56.1 Å². The number of nitrogens with zero attached hydrogens (tertiary/aromatic N) is 3. The van der Waals surface area contributed by atoms with E-state index in [-0.39, 0.29) is 42.1 Å². The summed E-state index contributed by atoms with van der Waals surface area (Å²) in [6, 6.07) is 12.5. The maximum atomic E-state index is 14.8. The molecule has 3 heterocycles. The van der Waals surface area contributed by atoms with Gasteiger partial charge in [0.05, 0.1) is 17.3 Å². The Kier molecular flexibility index (Phi) is 5.83. The molecule has 0 amide bonds. The molecule has 0 spiro atoms. The van der Waals surface area contributed by atoms with Crippen molar-refractivity contribution in [3.8, 4) is 0 Å².